The number of oxazole rings is 1. The fourth-order valence-electron chi connectivity index (χ4n) is 3.53. The van der Waals surface area contributed by atoms with Gasteiger partial charge in [-0.1, -0.05) is 42.0 Å². The molecule has 0 atom stereocenters. The fraction of sp³-hybridized carbons (Fsp3) is 0.250. The van der Waals surface area contributed by atoms with Gasteiger partial charge >= 0.3 is 5.76 Å². The van der Waals surface area contributed by atoms with Crippen molar-refractivity contribution in [1.82, 2.24) is 14.8 Å². The third-order valence-electron chi connectivity index (χ3n) is 5.27. The number of benzene rings is 2. The molecule has 3 aromatic rings. The van der Waals surface area contributed by atoms with E-state index in [2.05, 4.69) is 5.32 Å². The molecule has 33 heavy (non-hydrogen) atoms. The molecule has 0 aliphatic carbocycles. The summed E-state index contributed by atoms with van der Waals surface area (Å²) < 4.78 is 6.68. The van der Waals surface area contributed by atoms with Gasteiger partial charge in [-0.05, 0) is 48.9 Å². The van der Waals surface area contributed by atoms with Crippen molar-refractivity contribution in [2.24, 2.45) is 0 Å². The SMILES string of the molecule is Cc1ccc(/C=C2\SC(=O)N(CCNC(=O)CCCn3c(=O)oc4ccccc43)C2=O)cc1. The number of aromatic nitrogens is 1. The normalized spacial score (nSPS) is 15.1. The number of nitrogens with one attached hydrogen (secondary N) is 1. The van der Waals surface area contributed by atoms with Crippen molar-refractivity contribution in [3.63, 3.8) is 0 Å². The molecule has 1 aliphatic rings. The lowest BCUT2D eigenvalue weighted by molar-refractivity contribution is -0.124. The van der Waals surface area contributed by atoms with Crippen molar-refractivity contribution >= 4 is 46.0 Å². The third-order valence-corrected chi connectivity index (χ3v) is 6.17. The predicted octanol–water partition coefficient (Wildman–Crippen LogP) is 3.54. The van der Waals surface area contributed by atoms with Gasteiger partial charge in [-0.2, -0.15) is 0 Å². The van der Waals surface area contributed by atoms with Crippen molar-refractivity contribution in [3.05, 3.63) is 75.1 Å². The standard InChI is InChI=1S/C24H23N3O5S/c1-16-8-10-17(11-9-16)15-20-22(29)27(24(31)33-20)14-12-25-21(28)7-4-13-26-18-5-2-3-6-19(18)32-23(26)30/h2-3,5-6,8-11,15H,4,7,12-14H2,1H3,(H,25,28)/b20-15-. The molecule has 0 saturated carbocycles. The first kappa shape index (κ1) is 22.6. The van der Waals surface area contributed by atoms with Crippen LogP contribution < -0.4 is 11.1 Å². The van der Waals surface area contributed by atoms with Crippen molar-refractivity contribution in [2.45, 2.75) is 26.3 Å². The molecule has 1 N–H and O–H groups in total. The Bertz CT molecular complexity index is 1290. The highest BCUT2D eigenvalue weighted by Gasteiger charge is 2.34. The van der Waals surface area contributed by atoms with E-state index in [9.17, 15) is 19.2 Å². The minimum Gasteiger partial charge on any atom is -0.408 e. The minimum atomic E-state index is -0.449. The Morgan fingerprint density at radius 2 is 1.82 bits per heavy atom. The molecule has 9 heteroatoms. The van der Waals surface area contributed by atoms with E-state index in [0.29, 0.717) is 29.0 Å². The number of aryl methyl sites for hydroxylation is 2. The molecule has 8 nitrogen and oxygen atoms in total. The number of hydrogen-bond donors (Lipinski definition) is 1. The number of fused-ring (bicyclic) bond motifs is 1. The van der Waals surface area contributed by atoms with E-state index in [1.807, 2.05) is 37.3 Å². The monoisotopic (exact) mass is 465 g/mol. The Morgan fingerprint density at radius 3 is 2.61 bits per heavy atom. The summed E-state index contributed by atoms with van der Waals surface area (Å²) in [6, 6.07) is 14.8. The van der Waals surface area contributed by atoms with Gasteiger partial charge in [0.05, 0.1) is 10.4 Å². The summed E-state index contributed by atoms with van der Waals surface area (Å²) in [5.41, 5.74) is 3.17. The van der Waals surface area contributed by atoms with Crippen molar-refractivity contribution in [1.29, 1.82) is 0 Å². The van der Waals surface area contributed by atoms with Crippen LogP contribution in [0.2, 0.25) is 0 Å². The molecule has 0 spiro atoms. The summed E-state index contributed by atoms with van der Waals surface area (Å²) >= 11 is 0.899. The molecule has 0 radical (unpaired) electrons. The minimum absolute atomic E-state index is 0.105. The second-order valence-electron chi connectivity index (χ2n) is 7.68. The summed E-state index contributed by atoms with van der Waals surface area (Å²) in [6.07, 6.45) is 2.36. The van der Waals surface area contributed by atoms with Crippen LogP contribution in [0.3, 0.4) is 0 Å². The molecule has 0 unspecified atom stereocenters. The van der Waals surface area contributed by atoms with E-state index >= 15 is 0 Å². The second-order valence-corrected chi connectivity index (χ2v) is 8.68. The van der Waals surface area contributed by atoms with Gasteiger partial charge in [0.1, 0.15) is 0 Å². The summed E-state index contributed by atoms with van der Waals surface area (Å²) in [5, 5.41) is 2.38. The second kappa shape index (κ2) is 9.91. The molecular formula is C24H23N3O5S. The average molecular weight is 466 g/mol. The van der Waals surface area contributed by atoms with E-state index < -0.39 is 5.76 Å². The van der Waals surface area contributed by atoms with Crippen LogP contribution in [0, 0.1) is 6.92 Å². The number of amides is 3. The van der Waals surface area contributed by atoms with Gasteiger partial charge in [0, 0.05) is 26.1 Å². The third kappa shape index (κ3) is 5.25. The first-order chi connectivity index (χ1) is 15.9. The summed E-state index contributed by atoms with van der Waals surface area (Å²) in [7, 11) is 0. The van der Waals surface area contributed by atoms with E-state index in [1.165, 1.54) is 4.57 Å². The highest BCUT2D eigenvalue weighted by atomic mass is 32.2. The summed E-state index contributed by atoms with van der Waals surface area (Å²) in [4.78, 5) is 50.4. The molecular weight excluding hydrogens is 442 g/mol. The maximum absolute atomic E-state index is 12.6. The Kier molecular flexibility index (Phi) is 6.79. The van der Waals surface area contributed by atoms with E-state index in [0.717, 1.165) is 27.8 Å². The van der Waals surface area contributed by atoms with Crippen LogP contribution in [0.15, 0.2) is 62.6 Å². The first-order valence-electron chi connectivity index (χ1n) is 10.6. The highest BCUT2D eigenvalue weighted by Crippen LogP contribution is 2.31. The van der Waals surface area contributed by atoms with Crippen LogP contribution in [0.5, 0.6) is 0 Å². The Hall–Kier alpha value is -3.59. The Balaban J connectivity index is 1.24. The lowest BCUT2D eigenvalue weighted by Crippen LogP contribution is -2.37. The van der Waals surface area contributed by atoms with Gasteiger partial charge in [0.25, 0.3) is 11.1 Å². The molecule has 1 saturated heterocycles. The van der Waals surface area contributed by atoms with Gasteiger partial charge < -0.3 is 9.73 Å². The number of carbonyl (C=O) groups is 3. The number of carbonyl (C=O) groups excluding carboxylic acids is 3. The van der Waals surface area contributed by atoms with Crippen LogP contribution in [-0.2, 0) is 16.1 Å². The van der Waals surface area contributed by atoms with Gasteiger partial charge in [0.15, 0.2) is 5.58 Å². The van der Waals surface area contributed by atoms with Crippen LogP contribution in [-0.4, -0.2) is 39.6 Å². The lowest BCUT2D eigenvalue weighted by atomic mass is 10.1. The molecule has 1 aromatic heterocycles. The average Bonchev–Trinajstić information content (AvgIpc) is 3.25. The Labute approximate surface area is 194 Å². The molecule has 2 aromatic carbocycles. The van der Waals surface area contributed by atoms with Crippen LogP contribution in [0.1, 0.15) is 24.0 Å². The highest BCUT2D eigenvalue weighted by molar-refractivity contribution is 8.18. The first-order valence-corrected chi connectivity index (χ1v) is 11.4. The molecule has 170 valence electrons. The largest absolute Gasteiger partial charge is 0.419 e. The number of thioether (sulfide) groups is 1. The van der Waals surface area contributed by atoms with Gasteiger partial charge in [-0.25, -0.2) is 4.79 Å². The molecule has 4 rings (SSSR count). The zero-order valence-electron chi connectivity index (χ0n) is 18.1. The topological polar surface area (TPSA) is 102 Å². The van der Waals surface area contributed by atoms with Crippen LogP contribution in [0.4, 0.5) is 4.79 Å². The quantitative estimate of drug-likeness (QED) is 0.511. The number of para-hydroxylation sites is 2. The predicted molar refractivity (Wildman–Crippen MR) is 127 cm³/mol. The molecule has 2 heterocycles. The fourth-order valence-corrected chi connectivity index (χ4v) is 4.39. The molecule has 1 aliphatic heterocycles. The van der Waals surface area contributed by atoms with Crippen LogP contribution in [0.25, 0.3) is 17.2 Å². The molecule has 3 amide bonds. The summed E-state index contributed by atoms with van der Waals surface area (Å²) in [6.45, 7) is 2.61. The van der Waals surface area contributed by atoms with Gasteiger partial charge in [0.2, 0.25) is 5.91 Å². The van der Waals surface area contributed by atoms with Gasteiger partial charge in [-0.15, -0.1) is 0 Å². The zero-order valence-corrected chi connectivity index (χ0v) is 18.9. The number of imide groups is 1. The molecule has 1 fully saturated rings. The van der Waals surface area contributed by atoms with Crippen molar-refractivity contribution in [2.75, 3.05) is 13.1 Å². The molecule has 0 bridgehead atoms. The van der Waals surface area contributed by atoms with E-state index in [-0.39, 0.29) is 36.6 Å². The van der Waals surface area contributed by atoms with E-state index in [4.69, 9.17) is 4.42 Å². The number of nitrogens with zero attached hydrogens (tertiary/aromatic N) is 2. The number of hydrogen-bond acceptors (Lipinski definition) is 6. The smallest absolute Gasteiger partial charge is 0.408 e. The zero-order chi connectivity index (χ0) is 23.4. The lowest BCUT2D eigenvalue weighted by Gasteiger charge is -2.13. The van der Waals surface area contributed by atoms with Crippen LogP contribution >= 0.6 is 11.8 Å². The summed E-state index contributed by atoms with van der Waals surface area (Å²) in [5.74, 6) is -1.02. The maximum atomic E-state index is 12.6. The van der Waals surface area contributed by atoms with Crippen molar-refractivity contribution < 1.29 is 18.8 Å². The van der Waals surface area contributed by atoms with Crippen molar-refractivity contribution in [3.8, 4) is 0 Å². The van der Waals surface area contributed by atoms with E-state index in [1.54, 1.807) is 24.3 Å². The Morgan fingerprint density at radius 1 is 1.06 bits per heavy atom. The number of rotatable bonds is 8. The van der Waals surface area contributed by atoms with Gasteiger partial charge in [-0.3, -0.25) is 23.9 Å². The maximum Gasteiger partial charge on any atom is 0.419 e.